The highest BCUT2D eigenvalue weighted by atomic mass is 15.4. The molecule has 15 nitrogen and oxygen atoms in total. The summed E-state index contributed by atoms with van der Waals surface area (Å²) < 4.78 is 21.7. The monoisotopic (exact) mass is 1320 g/mol. The molecule has 0 N–H and O–H groups in total. The lowest BCUT2D eigenvalue weighted by Crippen LogP contribution is -2.40. The Kier molecular flexibility index (Phi) is 19.7. The fourth-order valence-electron chi connectivity index (χ4n) is 14.1. The second kappa shape index (κ2) is 28.9. The molecular formula is C85H92N15+5. The molecule has 0 saturated heterocycles. The number of benzene rings is 6. The van der Waals surface area contributed by atoms with Gasteiger partial charge in [-0.25, -0.2) is 0 Å². The standard InChI is InChI=1S/C22H22N3.C17H20N3.C16H18N3.2C15H16N3/c1-15-8-7-9-16(2)22(15)19-12-17(3)21(13-23-19)25-20-11-6-5-10-18(20)14-24(25)4;1-12(2)16-17(13(3)9-10-18-16)20-11-14-7-5-6-8-15(14)19(20)4;1-11-9-12(2)17-13(3)16(11)19-15-8-6-5-7-14(15)10-18(19)4;1-11-8-12(2)16-9-15(11)18-14-7-5-4-6-13(14)10-17(18)3;1-11-8-9-16-12(2)15(11)18-14-7-5-4-6-13(14)10-17(18)3/h5-14H,1-4H3;5-12H,1-4H3;5-10H,1-4H3;2*4-10H,1-3H3/q5*+1. The second-order valence-corrected chi connectivity index (χ2v) is 26.7. The summed E-state index contributed by atoms with van der Waals surface area (Å²) >= 11 is 0. The molecule has 0 aliphatic heterocycles. The van der Waals surface area contributed by atoms with E-state index in [0.717, 1.165) is 45.5 Å². The molecule has 502 valence electrons. The normalized spacial score (nSPS) is 11.2. The summed E-state index contributed by atoms with van der Waals surface area (Å²) in [6, 6.07) is 59.1. The highest BCUT2D eigenvalue weighted by molar-refractivity contribution is 5.82. The summed E-state index contributed by atoms with van der Waals surface area (Å²) in [5.74, 6) is 0.399. The summed E-state index contributed by atoms with van der Waals surface area (Å²) in [5.41, 5.74) is 28.2. The molecule has 10 heterocycles. The first-order chi connectivity index (χ1) is 48.1. The van der Waals surface area contributed by atoms with Crippen LogP contribution in [0.2, 0.25) is 0 Å². The van der Waals surface area contributed by atoms with Gasteiger partial charge < -0.3 is 0 Å². The van der Waals surface area contributed by atoms with Crippen LogP contribution in [0.25, 0.3) is 94.2 Å². The Hall–Kier alpha value is -11.6. The average Bonchev–Trinajstić information content (AvgIpc) is 1.59. The van der Waals surface area contributed by atoms with Gasteiger partial charge in [0.2, 0.25) is 31.0 Å². The van der Waals surface area contributed by atoms with Crippen molar-refractivity contribution >= 4 is 54.5 Å². The Bertz CT molecular complexity index is 5630. The minimum atomic E-state index is 0.399. The SMILES string of the molecule is Cc1cc(-c2c(C)cccc2C)ncc1-n1c2ccccc2c[n+]1C.Cc1cc(C)c(-n2c3ccccc3c[n+]2C)c(C)n1.Cc1cc(C)c(-n2c3ccccc3c[n+]2C)cn1.Cc1ccnc(C(C)C)c1-[n+]1cc2ccccc2n1C.Cc1ccnc(C)c1-n1c2ccccc2c[n+]1C. The van der Waals surface area contributed by atoms with E-state index in [1.165, 1.54) is 116 Å². The molecule has 16 aromatic rings. The van der Waals surface area contributed by atoms with E-state index in [2.05, 4.69) is 379 Å². The van der Waals surface area contributed by atoms with Gasteiger partial charge in [-0.15, -0.1) is 37.5 Å². The van der Waals surface area contributed by atoms with Crippen molar-refractivity contribution in [3.05, 3.63) is 293 Å². The summed E-state index contributed by atoms with van der Waals surface area (Å²) in [6.07, 6.45) is 18.4. The minimum Gasteiger partial charge on any atom is -0.259 e. The van der Waals surface area contributed by atoms with Gasteiger partial charge in [0.25, 0.3) is 5.69 Å². The summed E-state index contributed by atoms with van der Waals surface area (Å²) in [6.45, 7) is 27.5. The minimum absolute atomic E-state index is 0.399. The van der Waals surface area contributed by atoms with Gasteiger partial charge in [0, 0.05) is 40.8 Å². The zero-order valence-corrected chi connectivity index (χ0v) is 61.1. The van der Waals surface area contributed by atoms with Crippen LogP contribution in [0.15, 0.2) is 226 Å². The van der Waals surface area contributed by atoms with Crippen molar-refractivity contribution in [3.8, 4) is 39.7 Å². The Labute approximate surface area is 587 Å². The number of fused-ring (bicyclic) bond motifs is 5. The first-order valence-electron chi connectivity index (χ1n) is 34.2. The highest BCUT2D eigenvalue weighted by Crippen LogP contribution is 2.30. The molecule has 0 fully saturated rings. The van der Waals surface area contributed by atoms with Crippen LogP contribution in [0.5, 0.6) is 0 Å². The maximum absolute atomic E-state index is 4.80. The van der Waals surface area contributed by atoms with Crippen molar-refractivity contribution in [2.75, 3.05) is 0 Å². The van der Waals surface area contributed by atoms with Crippen molar-refractivity contribution < 1.29 is 23.4 Å². The van der Waals surface area contributed by atoms with Crippen molar-refractivity contribution in [1.82, 2.24) is 48.3 Å². The van der Waals surface area contributed by atoms with Gasteiger partial charge in [-0.05, 0) is 201 Å². The van der Waals surface area contributed by atoms with Crippen LogP contribution in [-0.4, -0.2) is 48.3 Å². The van der Waals surface area contributed by atoms with Crippen LogP contribution in [0.4, 0.5) is 0 Å². The van der Waals surface area contributed by atoms with E-state index >= 15 is 0 Å². The van der Waals surface area contributed by atoms with Gasteiger partial charge in [-0.2, -0.15) is 4.68 Å². The van der Waals surface area contributed by atoms with Crippen LogP contribution in [0.3, 0.4) is 0 Å². The molecule has 6 aromatic carbocycles. The molecule has 100 heavy (non-hydrogen) atoms. The summed E-state index contributed by atoms with van der Waals surface area (Å²) in [5, 5.41) is 6.18. The highest BCUT2D eigenvalue weighted by Gasteiger charge is 2.26. The van der Waals surface area contributed by atoms with Crippen molar-refractivity contribution in [3.63, 3.8) is 0 Å². The molecule has 0 spiro atoms. The van der Waals surface area contributed by atoms with Gasteiger partial charge in [-0.1, -0.05) is 97.4 Å². The lowest BCUT2D eigenvalue weighted by atomic mass is 9.98. The maximum atomic E-state index is 4.80. The van der Waals surface area contributed by atoms with Crippen LogP contribution < -0.4 is 23.4 Å². The molecule has 0 atom stereocenters. The number of rotatable bonds is 7. The van der Waals surface area contributed by atoms with Crippen molar-refractivity contribution in [2.24, 2.45) is 35.2 Å². The number of hydrogen-bond donors (Lipinski definition) is 0. The predicted molar refractivity (Wildman–Crippen MR) is 403 cm³/mol. The zero-order valence-electron chi connectivity index (χ0n) is 61.1. The molecule has 0 saturated carbocycles. The first kappa shape index (κ1) is 68.4. The van der Waals surface area contributed by atoms with Gasteiger partial charge in [0.1, 0.15) is 56.0 Å². The Morgan fingerprint density at radius 3 is 1.22 bits per heavy atom. The topological polar surface area (TPSA) is 108 Å². The number of hydrogen-bond acceptors (Lipinski definition) is 5. The molecule has 15 heteroatoms. The molecule has 0 aliphatic carbocycles. The third-order valence-electron chi connectivity index (χ3n) is 18.7. The van der Waals surface area contributed by atoms with Crippen molar-refractivity contribution in [2.45, 2.75) is 95.9 Å². The quantitative estimate of drug-likeness (QED) is 0.148. The van der Waals surface area contributed by atoms with Crippen LogP contribution in [0, 0.1) is 76.2 Å². The summed E-state index contributed by atoms with van der Waals surface area (Å²) in [7, 11) is 10.3. The molecule has 10 aromatic heterocycles. The zero-order chi connectivity index (χ0) is 70.8. The van der Waals surface area contributed by atoms with E-state index in [9.17, 15) is 0 Å². The predicted octanol–water partition coefficient (Wildman–Crippen LogP) is 15.4. The molecule has 0 bridgehead atoms. The van der Waals surface area contributed by atoms with Crippen LogP contribution in [-0.2, 0) is 35.2 Å². The molecule has 0 aliphatic rings. The van der Waals surface area contributed by atoms with E-state index < -0.39 is 0 Å². The smallest absolute Gasteiger partial charge is 0.259 e. The number of aryl methyl sites for hydroxylation is 16. The van der Waals surface area contributed by atoms with Gasteiger partial charge in [0.15, 0.2) is 28.2 Å². The van der Waals surface area contributed by atoms with E-state index in [1.54, 1.807) is 0 Å². The fourth-order valence-corrected chi connectivity index (χ4v) is 14.1. The van der Waals surface area contributed by atoms with Gasteiger partial charge >= 0.3 is 0 Å². The molecule has 16 rings (SSSR count). The summed E-state index contributed by atoms with van der Waals surface area (Å²) in [4.78, 5) is 22.8. The number of para-hydroxylation sites is 5. The Morgan fingerprint density at radius 2 is 0.760 bits per heavy atom. The number of aromatic nitrogens is 15. The van der Waals surface area contributed by atoms with E-state index in [-0.39, 0.29) is 0 Å². The van der Waals surface area contributed by atoms with E-state index in [1.807, 2.05) is 38.6 Å². The fraction of sp³-hybridized carbons (Fsp3) is 0.224. The van der Waals surface area contributed by atoms with E-state index in [4.69, 9.17) is 4.98 Å². The first-order valence-corrected chi connectivity index (χ1v) is 34.2. The molecule has 0 amide bonds. The Morgan fingerprint density at radius 1 is 0.350 bits per heavy atom. The van der Waals surface area contributed by atoms with E-state index in [0.29, 0.717) is 5.92 Å². The third-order valence-corrected chi connectivity index (χ3v) is 18.7. The van der Waals surface area contributed by atoms with Gasteiger partial charge in [0.05, 0.1) is 63.5 Å². The number of pyridine rings is 5. The maximum Gasteiger partial charge on any atom is 0.260 e. The van der Waals surface area contributed by atoms with Crippen molar-refractivity contribution in [1.29, 1.82) is 0 Å². The molecular weight excluding hydrogens is 1230 g/mol. The third kappa shape index (κ3) is 13.6. The second-order valence-electron chi connectivity index (χ2n) is 26.7. The lowest BCUT2D eigenvalue weighted by molar-refractivity contribution is -0.742. The van der Waals surface area contributed by atoms with Gasteiger partial charge in [-0.3, -0.25) is 24.9 Å². The number of nitrogens with zero attached hydrogens (tertiary/aromatic N) is 15. The van der Waals surface area contributed by atoms with Crippen LogP contribution >= 0.6 is 0 Å². The molecule has 0 unspecified atom stereocenters. The average molecular weight is 1320 g/mol. The Balaban J connectivity index is 0.000000119. The lowest BCUT2D eigenvalue weighted by Gasteiger charge is -2.12. The van der Waals surface area contributed by atoms with Crippen LogP contribution in [0.1, 0.15) is 87.2 Å². The molecule has 0 radical (unpaired) electrons. The largest absolute Gasteiger partial charge is 0.260 e.